The van der Waals surface area contributed by atoms with Crippen LogP contribution in [0.25, 0.3) is 0 Å². The molecule has 0 radical (unpaired) electrons. The van der Waals surface area contributed by atoms with Crippen LogP contribution in [0.5, 0.6) is 0 Å². The largest absolute Gasteiger partial charge is 0.427 e. The summed E-state index contributed by atoms with van der Waals surface area (Å²) in [4.78, 5) is 30.4. The van der Waals surface area contributed by atoms with Crippen LogP contribution in [0.15, 0.2) is 17.2 Å². The predicted octanol–water partition coefficient (Wildman–Crippen LogP) is 3.21. The second kappa shape index (κ2) is 11.0. The van der Waals surface area contributed by atoms with Gasteiger partial charge in [-0.15, -0.1) is 0 Å². The first-order valence-corrected chi connectivity index (χ1v) is 11.6. The summed E-state index contributed by atoms with van der Waals surface area (Å²) in [5.74, 6) is -0.344. The number of thiazole rings is 1. The third kappa shape index (κ3) is 6.87. The lowest BCUT2D eigenvalue weighted by Crippen LogP contribution is -2.46. The van der Waals surface area contributed by atoms with Crippen LogP contribution in [-0.4, -0.2) is 71.4 Å². The molecule has 1 amide bonds. The molecule has 0 saturated carbocycles. The highest BCUT2D eigenvalue weighted by Crippen LogP contribution is 2.37. The predicted molar refractivity (Wildman–Crippen MR) is 119 cm³/mol. The van der Waals surface area contributed by atoms with Gasteiger partial charge in [-0.1, -0.05) is 11.3 Å². The lowest BCUT2D eigenvalue weighted by atomic mass is 10.0. The van der Waals surface area contributed by atoms with E-state index in [0.717, 1.165) is 12.4 Å². The highest BCUT2D eigenvalue weighted by Gasteiger charge is 2.38. The Balaban J connectivity index is 1.44. The molecule has 0 unspecified atom stereocenters. The van der Waals surface area contributed by atoms with Crippen LogP contribution in [0.3, 0.4) is 0 Å². The van der Waals surface area contributed by atoms with Gasteiger partial charge in [-0.3, -0.25) is 9.59 Å². The van der Waals surface area contributed by atoms with E-state index in [1.54, 1.807) is 17.0 Å². The molecule has 2 aromatic heterocycles. The Bertz CT molecular complexity index is 1100. The van der Waals surface area contributed by atoms with Crippen LogP contribution in [0.4, 0.5) is 37.2 Å². The van der Waals surface area contributed by atoms with Crippen molar-refractivity contribution in [1.29, 1.82) is 0 Å². The van der Waals surface area contributed by atoms with Gasteiger partial charge < -0.3 is 19.9 Å². The second-order valence-electron chi connectivity index (χ2n) is 8.27. The van der Waals surface area contributed by atoms with E-state index in [1.165, 1.54) is 11.8 Å². The molecule has 1 aliphatic rings. The van der Waals surface area contributed by atoms with Crippen LogP contribution >= 0.6 is 11.3 Å². The van der Waals surface area contributed by atoms with Crippen molar-refractivity contribution in [3.8, 4) is 0 Å². The number of anilines is 2. The van der Waals surface area contributed by atoms with Gasteiger partial charge >= 0.3 is 12.4 Å². The number of piperidine rings is 1. The number of hydrogen-bond acceptors (Lipinski definition) is 8. The number of carbonyl (C=O) groups is 1. The van der Waals surface area contributed by atoms with Gasteiger partial charge in [0.15, 0.2) is 5.13 Å². The van der Waals surface area contributed by atoms with E-state index >= 15 is 0 Å². The zero-order valence-electron chi connectivity index (χ0n) is 19.2. The van der Waals surface area contributed by atoms with Crippen LogP contribution in [0.1, 0.15) is 30.2 Å². The van der Waals surface area contributed by atoms with E-state index < -0.39 is 40.1 Å². The number of amides is 1. The molecular weight excluding hydrogens is 518 g/mol. The number of carbonyl (C=O) groups excluding carboxylic acids is 1. The quantitative estimate of drug-likeness (QED) is 0.494. The fraction of sp³-hybridized carbons (Fsp3) is 0.600. The molecule has 1 fully saturated rings. The Labute approximate surface area is 205 Å². The average molecular weight is 543 g/mol. The van der Waals surface area contributed by atoms with Crippen molar-refractivity contribution in [2.45, 2.75) is 44.2 Å². The molecule has 2 N–H and O–H groups in total. The first-order chi connectivity index (χ1) is 16.8. The maximum atomic E-state index is 13.1. The zero-order chi connectivity index (χ0) is 26.7. The second-order valence-corrected chi connectivity index (χ2v) is 9.28. The summed E-state index contributed by atoms with van der Waals surface area (Å²) in [6, 6.07) is -0.817. The normalized spacial score (nSPS) is 16.2. The smallest absolute Gasteiger partial charge is 0.378 e. The topological polar surface area (TPSA) is 103 Å². The zero-order valence-corrected chi connectivity index (χ0v) is 20.1. The third-order valence-corrected chi connectivity index (χ3v) is 6.69. The lowest BCUT2D eigenvalue weighted by molar-refractivity contribution is -0.138. The number of nitrogens with zero attached hydrogens (tertiary/aromatic N) is 4. The monoisotopic (exact) mass is 542 g/mol. The molecule has 0 spiro atoms. The number of alkyl halides is 6. The SMILES string of the molecule is C[C@@H](COCC(=O)N(C)C1CCN(c2ncc(C(F)(F)F)s2)CC1)Nc1cn[nH]c(=O)c1C(F)(F)F. The standard InChI is InChI=1S/C20H24F6N6O3S/c1-11(29-13-7-28-30-17(34)16(13)20(24,25)26)9-35-10-15(33)31(2)12-3-5-32(6-4-12)18-27-8-14(36-18)19(21,22)23/h7-8,11-12H,3-6,9-10H2,1-2H3,(H2,29,30,34)/t11-/m0/s1. The minimum absolute atomic E-state index is 0.117. The van der Waals surface area contributed by atoms with Gasteiger partial charge in [-0.2, -0.15) is 31.4 Å². The molecular formula is C20H24F6N6O3S. The van der Waals surface area contributed by atoms with Crippen LogP contribution in [0.2, 0.25) is 0 Å². The Morgan fingerprint density at radius 2 is 1.92 bits per heavy atom. The van der Waals surface area contributed by atoms with Gasteiger partial charge in [-0.25, -0.2) is 10.1 Å². The molecule has 1 aliphatic heterocycles. The number of hydrogen-bond donors (Lipinski definition) is 2. The summed E-state index contributed by atoms with van der Waals surface area (Å²) in [5.41, 5.74) is -3.28. The first kappa shape index (κ1) is 27.7. The molecule has 3 rings (SSSR count). The molecule has 1 saturated heterocycles. The van der Waals surface area contributed by atoms with E-state index in [0.29, 0.717) is 37.3 Å². The maximum Gasteiger partial charge on any atom is 0.427 e. The molecule has 0 aromatic carbocycles. The number of rotatable bonds is 8. The van der Waals surface area contributed by atoms with Gasteiger partial charge in [-0.05, 0) is 19.8 Å². The minimum atomic E-state index is -4.88. The Morgan fingerprint density at radius 1 is 1.25 bits per heavy atom. The van der Waals surface area contributed by atoms with Crippen molar-refractivity contribution in [3.05, 3.63) is 33.2 Å². The minimum Gasteiger partial charge on any atom is -0.378 e. The molecule has 0 aliphatic carbocycles. The summed E-state index contributed by atoms with van der Waals surface area (Å²) < 4.78 is 83.1. The molecule has 9 nitrogen and oxygen atoms in total. The summed E-state index contributed by atoms with van der Waals surface area (Å²) in [6.45, 7) is 1.95. The molecule has 200 valence electrons. The van der Waals surface area contributed by atoms with Crippen molar-refractivity contribution in [2.75, 3.05) is 43.6 Å². The average Bonchev–Trinajstić information content (AvgIpc) is 3.29. The number of likely N-dealkylation sites (N-methyl/N-ethyl adjacent to an activating group) is 1. The Hall–Kier alpha value is -2.88. The molecule has 0 bridgehead atoms. The maximum absolute atomic E-state index is 13.1. The van der Waals surface area contributed by atoms with Crippen molar-refractivity contribution in [1.82, 2.24) is 20.1 Å². The number of halogens is 6. The van der Waals surface area contributed by atoms with Crippen molar-refractivity contribution < 1.29 is 35.9 Å². The van der Waals surface area contributed by atoms with Gasteiger partial charge in [0.05, 0.1) is 24.7 Å². The van der Waals surface area contributed by atoms with Crippen molar-refractivity contribution in [3.63, 3.8) is 0 Å². The Kier molecular flexibility index (Phi) is 8.48. The first-order valence-electron chi connectivity index (χ1n) is 10.8. The fourth-order valence-corrected chi connectivity index (χ4v) is 4.55. The van der Waals surface area contributed by atoms with E-state index in [2.05, 4.69) is 15.4 Å². The van der Waals surface area contributed by atoms with Crippen LogP contribution < -0.4 is 15.8 Å². The van der Waals surface area contributed by atoms with Crippen molar-refractivity contribution in [2.24, 2.45) is 0 Å². The van der Waals surface area contributed by atoms with E-state index in [-0.39, 0.29) is 30.3 Å². The number of aromatic amines is 1. The number of H-pyrrole nitrogens is 1. The van der Waals surface area contributed by atoms with E-state index in [9.17, 15) is 35.9 Å². The number of ether oxygens (including phenoxy) is 1. The van der Waals surface area contributed by atoms with Gasteiger partial charge in [0.25, 0.3) is 5.56 Å². The molecule has 36 heavy (non-hydrogen) atoms. The molecule has 3 heterocycles. The Morgan fingerprint density at radius 3 is 2.50 bits per heavy atom. The molecule has 16 heteroatoms. The highest BCUT2D eigenvalue weighted by molar-refractivity contribution is 7.15. The summed E-state index contributed by atoms with van der Waals surface area (Å²) in [6.07, 6.45) is -6.61. The van der Waals surface area contributed by atoms with E-state index in [4.69, 9.17) is 4.74 Å². The number of nitrogens with one attached hydrogen (secondary N) is 2. The molecule has 1 atom stereocenters. The van der Waals surface area contributed by atoms with Crippen LogP contribution in [-0.2, 0) is 21.9 Å². The highest BCUT2D eigenvalue weighted by atomic mass is 32.1. The van der Waals surface area contributed by atoms with E-state index in [1.807, 2.05) is 0 Å². The van der Waals surface area contributed by atoms with Gasteiger partial charge in [0.2, 0.25) is 5.91 Å². The van der Waals surface area contributed by atoms with Crippen LogP contribution in [0, 0.1) is 0 Å². The van der Waals surface area contributed by atoms with Gasteiger partial charge in [0, 0.05) is 32.2 Å². The number of aromatic nitrogens is 3. The van der Waals surface area contributed by atoms with Crippen molar-refractivity contribution >= 4 is 28.1 Å². The lowest BCUT2D eigenvalue weighted by Gasteiger charge is -2.36. The summed E-state index contributed by atoms with van der Waals surface area (Å²) in [7, 11) is 1.59. The van der Waals surface area contributed by atoms with Gasteiger partial charge in [0.1, 0.15) is 17.0 Å². The molecule has 2 aromatic rings. The summed E-state index contributed by atoms with van der Waals surface area (Å²) >= 11 is 0.577. The third-order valence-electron chi connectivity index (χ3n) is 5.58. The summed E-state index contributed by atoms with van der Waals surface area (Å²) in [5, 5.41) is 7.92. The fourth-order valence-electron chi connectivity index (χ4n) is 3.71.